The first kappa shape index (κ1) is 17.1. The predicted octanol–water partition coefficient (Wildman–Crippen LogP) is 4.20. The minimum atomic E-state index is -0.756. The lowest BCUT2D eigenvalue weighted by Gasteiger charge is -2.44. The molecular weight excluding hydrogens is 288 g/mol. The van der Waals surface area contributed by atoms with E-state index < -0.39 is 6.09 Å². The Bertz CT molecular complexity index is 402. The summed E-state index contributed by atoms with van der Waals surface area (Å²) in [4.78, 5) is 16.2. The lowest BCUT2D eigenvalue weighted by Crippen LogP contribution is -2.53. The number of carboxylic acid groups (broad SMARTS) is 1. The van der Waals surface area contributed by atoms with E-state index in [9.17, 15) is 9.90 Å². The molecule has 0 aliphatic heterocycles. The second-order valence-electron chi connectivity index (χ2n) is 9.13. The molecule has 132 valence electrons. The smallest absolute Gasteiger partial charge is 0.407 e. The zero-order chi connectivity index (χ0) is 16.6. The van der Waals surface area contributed by atoms with Gasteiger partial charge in [-0.3, -0.25) is 4.90 Å². The van der Waals surface area contributed by atoms with Crippen molar-refractivity contribution in [2.45, 2.75) is 89.8 Å². The zero-order valence-electron chi connectivity index (χ0n) is 15.1. The Labute approximate surface area is 141 Å². The van der Waals surface area contributed by atoms with Crippen molar-refractivity contribution < 1.29 is 9.90 Å². The van der Waals surface area contributed by atoms with E-state index in [-0.39, 0.29) is 11.6 Å². The van der Waals surface area contributed by atoms with Crippen molar-refractivity contribution in [1.82, 2.24) is 9.80 Å². The van der Waals surface area contributed by atoms with E-state index in [1.54, 1.807) is 4.90 Å². The van der Waals surface area contributed by atoms with Gasteiger partial charge in [-0.15, -0.1) is 0 Å². The van der Waals surface area contributed by atoms with Gasteiger partial charge in [0.05, 0.1) is 0 Å². The molecule has 0 saturated heterocycles. The van der Waals surface area contributed by atoms with Crippen LogP contribution in [0.5, 0.6) is 0 Å². The fourth-order valence-corrected chi connectivity index (χ4v) is 4.31. The van der Waals surface area contributed by atoms with Gasteiger partial charge >= 0.3 is 6.09 Å². The molecule has 1 amide bonds. The molecule has 3 aliphatic carbocycles. The van der Waals surface area contributed by atoms with Crippen molar-refractivity contribution in [3.05, 3.63) is 0 Å². The van der Waals surface area contributed by atoms with Gasteiger partial charge in [0.25, 0.3) is 0 Å². The minimum Gasteiger partial charge on any atom is -0.465 e. The van der Waals surface area contributed by atoms with Crippen LogP contribution in [-0.2, 0) is 0 Å². The maximum absolute atomic E-state index is 11.7. The van der Waals surface area contributed by atoms with Crippen molar-refractivity contribution in [1.29, 1.82) is 0 Å². The molecule has 3 rings (SSSR count). The SMILES string of the molecule is CC(C)(C)N(C(=O)O)C1CCC(N(CC2CC2)CC2CC2)CC1. The summed E-state index contributed by atoms with van der Waals surface area (Å²) in [5.74, 6) is 1.91. The average molecular weight is 322 g/mol. The maximum atomic E-state index is 11.7. The van der Waals surface area contributed by atoms with Crippen molar-refractivity contribution >= 4 is 6.09 Å². The molecule has 0 aromatic carbocycles. The van der Waals surface area contributed by atoms with Gasteiger partial charge in [-0.05, 0) is 84.0 Å². The van der Waals surface area contributed by atoms with Crippen LogP contribution in [0.15, 0.2) is 0 Å². The van der Waals surface area contributed by atoms with Crippen molar-refractivity contribution in [3.8, 4) is 0 Å². The van der Waals surface area contributed by atoms with Gasteiger partial charge in [0.2, 0.25) is 0 Å². The van der Waals surface area contributed by atoms with Gasteiger partial charge in [-0.2, -0.15) is 0 Å². The molecule has 4 nitrogen and oxygen atoms in total. The lowest BCUT2D eigenvalue weighted by molar-refractivity contribution is 0.0390. The van der Waals surface area contributed by atoms with Gasteiger partial charge in [0.1, 0.15) is 0 Å². The third-order valence-electron chi connectivity index (χ3n) is 5.86. The van der Waals surface area contributed by atoms with Crippen LogP contribution in [0.1, 0.15) is 72.1 Å². The van der Waals surface area contributed by atoms with Gasteiger partial charge in [0.15, 0.2) is 0 Å². The highest BCUT2D eigenvalue weighted by Gasteiger charge is 2.38. The van der Waals surface area contributed by atoms with Gasteiger partial charge in [-0.1, -0.05) is 0 Å². The number of amides is 1. The second-order valence-corrected chi connectivity index (χ2v) is 9.13. The summed E-state index contributed by atoms with van der Waals surface area (Å²) in [6.07, 6.45) is 9.34. The first-order valence-corrected chi connectivity index (χ1v) is 9.61. The molecule has 4 heteroatoms. The number of hydrogen-bond acceptors (Lipinski definition) is 2. The Morgan fingerprint density at radius 1 is 0.870 bits per heavy atom. The molecular formula is C19H34N2O2. The predicted molar refractivity (Wildman–Crippen MR) is 92.7 cm³/mol. The summed E-state index contributed by atoms with van der Waals surface area (Å²) in [6, 6.07) is 0.899. The summed E-state index contributed by atoms with van der Waals surface area (Å²) >= 11 is 0. The van der Waals surface area contributed by atoms with Crippen molar-refractivity contribution in [2.24, 2.45) is 11.8 Å². The summed E-state index contributed by atoms with van der Waals surface area (Å²) in [5, 5.41) is 9.61. The van der Waals surface area contributed by atoms with E-state index in [4.69, 9.17) is 0 Å². The fraction of sp³-hybridized carbons (Fsp3) is 0.947. The van der Waals surface area contributed by atoms with Crippen LogP contribution in [0.3, 0.4) is 0 Å². The van der Waals surface area contributed by atoms with Crippen molar-refractivity contribution in [3.63, 3.8) is 0 Å². The number of carbonyl (C=O) groups is 1. The summed E-state index contributed by atoms with van der Waals surface area (Å²) in [7, 11) is 0. The highest BCUT2D eigenvalue weighted by atomic mass is 16.4. The highest BCUT2D eigenvalue weighted by molar-refractivity contribution is 5.66. The number of hydrogen-bond donors (Lipinski definition) is 1. The second kappa shape index (κ2) is 6.62. The van der Waals surface area contributed by atoms with Crippen LogP contribution in [0.25, 0.3) is 0 Å². The normalized spacial score (nSPS) is 28.9. The van der Waals surface area contributed by atoms with Gasteiger partial charge in [0, 0.05) is 30.7 Å². The highest BCUT2D eigenvalue weighted by Crippen LogP contribution is 2.37. The first-order chi connectivity index (χ1) is 10.8. The Morgan fingerprint density at radius 3 is 1.65 bits per heavy atom. The van der Waals surface area contributed by atoms with E-state index in [0.29, 0.717) is 6.04 Å². The fourth-order valence-electron chi connectivity index (χ4n) is 4.31. The molecule has 0 spiro atoms. The molecule has 0 bridgehead atoms. The molecule has 1 N–H and O–H groups in total. The first-order valence-electron chi connectivity index (χ1n) is 9.61. The third kappa shape index (κ3) is 4.62. The molecule has 0 aromatic rings. The standard InChI is InChI=1S/C19H34N2O2/c1-19(2,3)21(18(22)23)17-10-8-16(9-11-17)20(12-14-4-5-14)13-15-6-7-15/h14-17H,4-13H2,1-3H3,(H,22,23). The van der Waals surface area contributed by atoms with E-state index in [1.807, 2.05) is 20.8 Å². The van der Waals surface area contributed by atoms with Crippen LogP contribution >= 0.6 is 0 Å². The quantitative estimate of drug-likeness (QED) is 0.797. The Hall–Kier alpha value is -0.770. The molecule has 23 heavy (non-hydrogen) atoms. The van der Waals surface area contributed by atoms with Gasteiger partial charge in [-0.25, -0.2) is 4.79 Å². The van der Waals surface area contributed by atoms with E-state index in [0.717, 1.165) is 24.7 Å². The van der Waals surface area contributed by atoms with Crippen LogP contribution in [0.2, 0.25) is 0 Å². The molecule has 0 heterocycles. The molecule has 0 atom stereocenters. The largest absolute Gasteiger partial charge is 0.465 e. The topological polar surface area (TPSA) is 43.8 Å². The molecule has 3 saturated carbocycles. The lowest BCUT2D eigenvalue weighted by atomic mass is 9.87. The average Bonchev–Trinajstić information content (AvgIpc) is 3.32. The Kier molecular flexibility index (Phi) is 4.91. The Balaban J connectivity index is 1.56. The number of rotatable bonds is 6. The van der Waals surface area contributed by atoms with Crippen LogP contribution < -0.4 is 0 Å². The number of nitrogens with zero attached hydrogens (tertiary/aromatic N) is 2. The molecule has 0 radical (unpaired) electrons. The summed E-state index contributed by atoms with van der Waals surface area (Å²) in [6.45, 7) is 8.64. The van der Waals surface area contributed by atoms with E-state index >= 15 is 0 Å². The summed E-state index contributed by atoms with van der Waals surface area (Å²) < 4.78 is 0. The summed E-state index contributed by atoms with van der Waals surface area (Å²) in [5.41, 5.74) is -0.301. The molecule has 0 aromatic heterocycles. The molecule has 0 unspecified atom stereocenters. The van der Waals surface area contributed by atoms with Crippen LogP contribution in [0, 0.1) is 11.8 Å². The molecule has 3 fully saturated rings. The van der Waals surface area contributed by atoms with Crippen LogP contribution in [-0.4, -0.2) is 51.7 Å². The monoisotopic (exact) mass is 322 g/mol. The van der Waals surface area contributed by atoms with E-state index in [2.05, 4.69) is 4.90 Å². The Morgan fingerprint density at radius 2 is 1.30 bits per heavy atom. The molecule has 3 aliphatic rings. The van der Waals surface area contributed by atoms with Crippen LogP contribution in [0.4, 0.5) is 4.79 Å². The van der Waals surface area contributed by atoms with Gasteiger partial charge < -0.3 is 10.0 Å². The van der Waals surface area contributed by atoms with Crippen molar-refractivity contribution in [2.75, 3.05) is 13.1 Å². The zero-order valence-corrected chi connectivity index (χ0v) is 15.1. The maximum Gasteiger partial charge on any atom is 0.407 e. The third-order valence-corrected chi connectivity index (χ3v) is 5.86. The van der Waals surface area contributed by atoms with E-state index in [1.165, 1.54) is 51.6 Å². The minimum absolute atomic E-state index is 0.201.